The van der Waals surface area contributed by atoms with Gasteiger partial charge in [-0.15, -0.1) is 10.2 Å². The number of nitrogens with zero attached hydrogens (tertiary/aromatic N) is 3. The van der Waals surface area contributed by atoms with Gasteiger partial charge in [0.1, 0.15) is 12.2 Å². The third-order valence-corrected chi connectivity index (χ3v) is 4.59. The molecule has 1 aromatic carbocycles. The summed E-state index contributed by atoms with van der Waals surface area (Å²) < 4.78 is 28.7. The molecule has 0 saturated heterocycles. The summed E-state index contributed by atoms with van der Waals surface area (Å²) in [5, 5.41) is 7.65. The minimum absolute atomic E-state index is 0.102. The minimum Gasteiger partial charge on any atom is -0.324 e. The van der Waals surface area contributed by atoms with E-state index in [0.29, 0.717) is 12.4 Å². The van der Waals surface area contributed by atoms with Crippen LogP contribution in [0.5, 0.6) is 0 Å². The number of rotatable bonds is 6. The van der Waals surface area contributed by atoms with E-state index < -0.39 is 10.0 Å². The molecule has 3 N–H and O–H groups in total. The molecule has 1 unspecified atom stereocenters. The Bertz CT molecular complexity index is 692. The lowest BCUT2D eigenvalue weighted by Crippen LogP contribution is -2.25. The van der Waals surface area contributed by atoms with Crippen molar-refractivity contribution < 1.29 is 8.42 Å². The Kier molecular flexibility index (Phi) is 4.71. The molecule has 1 atom stereocenters. The number of sulfonamides is 1. The average Bonchev–Trinajstić information content (AvgIpc) is 2.93. The molecule has 114 valence electrons. The molecular weight excluding hydrogens is 290 g/mol. The number of nitrogens with one attached hydrogen (secondary N) is 1. The molecule has 1 aromatic heterocycles. The van der Waals surface area contributed by atoms with E-state index in [-0.39, 0.29) is 17.5 Å². The van der Waals surface area contributed by atoms with Crippen molar-refractivity contribution in [1.82, 2.24) is 19.5 Å². The van der Waals surface area contributed by atoms with Gasteiger partial charge in [-0.05, 0) is 31.5 Å². The van der Waals surface area contributed by atoms with E-state index in [0.717, 1.165) is 5.56 Å². The molecule has 0 aliphatic carbocycles. The normalized spacial score (nSPS) is 13.3. The van der Waals surface area contributed by atoms with E-state index in [4.69, 9.17) is 5.73 Å². The van der Waals surface area contributed by atoms with Crippen LogP contribution in [-0.4, -0.2) is 23.2 Å². The number of nitrogens with two attached hydrogens (primary N) is 1. The zero-order valence-electron chi connectivity index (χ0n) is 12.0. The SMILES string of the molecule is CCn1cnnc1CNS(=O)(=O)c1ccc(C(C)N)cc1. The van der Waals surface area contributed by atoms with Crippen LogP contribution >= 0.6 is 0 Å². The second kappa shape index (κ2) is 6.33. The van der Waals surface area contributed by atoms with Crippen molar-refractivity contribution in [3.05, 3.63) is 42.0 Å². The molecule has 0 bridgehead atoms. The number of aromatic nitrogens is 3. The molecule has 0 aliphatic rings. The number of hydrogen-bond donors (Lipinski definition) is 2. The summed E-state index contributed by atoms with van der Waals surface area (Å²) in [7, 11) is -3.58. The molecule has 8 heteroatoms. The second-order valence-electron chi connectivity index (χ2n) is 4.72. The van der Waals surface area contributed by atoms with Crippen LogP contribution < -0.4 is 10.5 Å². The first-order valence-corrected chi connectivity index (χ1v) is 8.14. The average molecular weight is 309 g/mol. The largest absolute Gasteiger partial charge is 0.324 e. The van der Waals surface area contributed by atoms with Crippen LogP contribution in [0.15, 0.2) is 35.5 Å². The zero-order chi connectivity index (χ0) is 15.5. The molecule has 0 aliphatic heterocycles. The highest BCUT2D eigenvalue weighted by Crippen LogP contribution is 2.14. The van der Waals surface area contributed by atoms with Crippen LogP contribution in [0.25, 0.3) is 0 Å². The predicted octanol–water partition coefficient (Wildman–Crippen LogP) is 0.796. The molecule has 7 nitrogen and oxygen atoms in total. The van der Waals surface area contributed by atoms with Gasteiger partial charge in [0.25, 0.3) is 0 Å². The van der Waals surface area contributed by atoms with Crippen molar-refractivity contribution in [2.75, 3.05) is 0 Å². The van der Waals surface area contributed by atoms with Gasteiger partial charge < -0.3 is 10.3 Å². The topological polar surface area (TPSA) is 103 Å². The maximum Gasteiger partial charge on any atom is 0.240 e. The Morgan fingerprint density at radius 1 is 1.33 bits per heavy atom. The van der Waals surface area contributed by atoms with Gasteiger partial charge in [-0.2, -0.15) is 0 Å². The lowest BCUT2D eigenvalue weighted by Gasteiger charge is -2.09. The summed E-state index contributed by atoms with van der Waals surface area (Å²) in [6.07, 6.45) is 1.57. The molecule has 0 spiro atoms. The number of benzene rings is 1. The summed E-state index contributed by atoms with van der Waals surface area (Å²) in [5.74, 6) is 0.577. The molecule has 1 heterocycles. The van der Waals surface area contributed by atoms with Crippen LogP contribution in [0.4, 0.5) is 0 Å². The van der Waals surface area contributed by atoms with Gasteiger partial charge in [0.05, 0.1) is 11.4 Å². The van der Waals surface area contributed by atoms with Crippen molar-refractivity contribution in [3.8, 4) is 0 Å². The molecule has 0 saturated carbocycles. The Morgan fingerprint density at radius 3 is 2.57 bits per heavy atom. The first kappa shape index (κ1) is 15.6. The fourth-order valence-corrected chi connectivity index (χ4v) is 2.85. The summed E-state index contributed by atoms with van der Waals surface area (Å²) in [5.41, 5.74) is 6.63. The standard InChI is InChI=1S/C13H19N5O2S/c1-3-18-9-15-17-13(18)8-16-21(19,20)12-6-4-11(5-7-12)10(2)14/h4-7,9-10,16H,3,8,14H2,1-2H3. The highest BCUT2D eigenvalue weighted by Gasteiger charge is 2.15. The van der Waals surface area contributed by atoms with E-state index >= 15 is 0 Å². The number of aryl methyl sites for hydroxylation is 1. The summed E-state index contributed by atoms with van der Waals surface area (Å²) >= 11 is 0. The Morgan fingerprint density at radius 2 is 2.00 bits per heavy atom. The van der Waals surface area contributed by atoms with E-state index in [1.54, 1.807) is 35.2 Å². The summed E-state index contributed by atoms with van der Waals surface area (Å²) in [6, 6.07) is 6.40. The predicted molar refractivity (Wildman–Crippen MR) is 78.8 cm³/mol. The Hall–Kier alpha value is -1.77. The maximum absolute atomic E-state index is 12.2. The van der Waals surface area contributed by atoms with Crippen molar-refractivity contribution in [2.24, 2.45) is 5.73 Å². The van der Waals surface area contributed by atoms with Crippen LogP contribution in [0, 0.1) is 0 Å². The fourth-order valence-electron chi connectivity index (χ4n) is 1.87. The van der Waals surface area contributed by atoms with Gasteiger partial charge in [-0.3, -0.25) is 0 Å². The number of hydrogen-bond acceptors (Lipinski definition) is 5. The van der Waals surface area contributed by atoms with Gasteiger partial charge in [0.15, 0.2) is 0 Å². The fraction of sp³-hybridized carbons (Fsp3) is 0.385. The highest BCUT2D eigenvalue weighted by atomic mass is 32.2. The highest BCUT2D eigenvalue weighted by molar-refractivity contribution is 7.89. The Balaban J connectivity index is 2.11. The third-order valence-electron chi connectivity index (χ3n) is 3.17. The van der Waals surface area contributed by atoms with Crippen LogP contribution in [0.3, 0.4) is 0 Å². The van der Waals surface area contributed by atoms with Crippen molar-refractivity contribution >= 4 is 10.0 Å². The van der Waals surface area contributed by atoms with E-state index in [9.17, 15) is 8.42 Å². The van der Waals surface area contributed by atoms with Gasteiger partial charge in [-0.25, -0.2) is 13.1 Å². The molecule has 21 heavy (non-hydrogen) atoms. The zero-order valence-corrected chi connectivity index (χ0v) is 12.8. The monoisotopic (exact) mass is 309 g/mol. The van der Waals surface area contributed by atoms with E-state index in [1.165, 1.54) is 0 Å². The van der Waals surface area contributed by atoms with Crippen LogP contribution in [0.1, 0.15) is 31.3 Å². The minimum atomic E-state index is -3.58. The molecule has 0 amide bonds. The van der Waals surface area contributed by atoms with Gasteiger partial charge in [0, 0.05) is 12.6 Å². The van der Waals surface area contributed by atoms with E-state index in [1.807, 2.05) is 13.8 Å². The third kappa shape index (κ3) is 3.66. The van der Waals surface area contributed by atoms with Crippen molar-refractivity contribution in [1.29, 1.82) is 0 Å². The van der Waals surface area contributed by atoms with Crippen LogP contribution in [-0.2, 0) is 23.1 Å². The van der Waals surface area contributed by atoms with Crippen molar-refractivity contribution in [3.63, 3.8) is 0 Å². The molecule has 0 fully saturated rings. The van der Waals surface area contributed by atoms with Crippen molar-refractivity contribution in [2.45, 2.75) is 37.9 Å². The van der Waals surface area contributed by atoms with Gasteiger partial charge in [-0.1, -0.05) is 12.1 Å². The molecular formula is C13H19N5O2S. The lowest BCUT2D eigenvalue weighted by atomic mass is 10.1. The first-order chi connectivity index (χ1) is 9.94. The maximum atomic E-state index is 12.2. The van der Waals surface area contributed by atoms with Gasteiger partial charge >= 0.3 is 0 Å². The smallest absolute Gasteiger partial charge is 0.240 e. The molecule has 2 rings (SSSR count). The molecule has 2 aromatic rings. The lowest BCUT2D eigenvalue weighted by molar-refractivity contribution is 0.575. The quantitative estimate of drug-likeness (QED) is 0.821. The second-order valence-corrected chi connectivity index (χ2v) is 6.48. The van der Waals surface area contributed by atoms with E-state index in [2.05, 4.69) is 14.9 Å². The van der Waals surface area contributed by atoms with Crippen LogP contribution in [0.2, 0.25) is 0 Å². The molecule has 0 radical (unpaired) electrons. The van der Waals surface area contributed by atoms with Gasteiger partial charge in [0.2, 0.25) is 10.0 Å². The first-order valence-electron chi connectivity index (χ1n) is 6.66. The Labute approximate surface area is 124 Å². The summed E-state index contributed by atoms with van der Waals surface area (Å²) in [6.45, 7) is 4.58. The summed E-state index contributed by atoms with van der Waals surface area (Å²) in [4.78, 5) is 0.203.